The molecule has 4 rings (SSSR count). The first-order chi connectivity index (χ1) is 13.5. The van der Waals surface area contributed by atoms with Gasteiger partial charge in [0.1, 0.15) is 0 Å². The zero-order chi connectivity index (χ0) is 19.7. The maximum absolute atomic E-state index is 12.1. The number of benzene rings is 2. The van der Waals surface area contributed by atoms with E-state index in [2.05, 4.69) is 54.3 Å². The second kappa shape index (κ2) is 8.06. The molecular formula is C24H31N3O. The Bertz CT molecular complexity index is 839. The summed E-state index contributed by atoms with van der Waals surface area (Å²) in [5, 5.41) is 0. The lowest BCUT2D eigenvalue weighted by Crippen LogP contribution is -2.43. The van der Waals surface area contributed by atoms with Crippen LogP contribution in [0, 0.1) is 0 Å². The number of hydrogen-bond acceptors (Lipinski definition) is 3. The summed E-state index contributed by atoms with van der Waals surface area (Å²) >= 11 is 0. The van der Waals surface area contributed by atoms with Gasteiger partial charge in [-0.25, -0.2) is 0 Å². The van der Waals surface area contributed by atoms with Gasteiger partial charge in [0.05, 0.1) is 0 Å². The molecule has 1 amide bonds. The molecule has 0 radical (unpaired) electrons. The van der Waals surface area contributed by atoms with E-state index in [4.69, 9.17) is 5.73 Å². The third-order valence-corrected chi connectivity index (χ3v) is 6.20. The van der Waals surface area contributed by atoms with Gasteiger partial charge in [-0.1, -0.05) is 36.8 Å². The molecule has 2 unspecified atom stereocenters. The summed E-state index contributed by atoms with van der Waals surface area (Å²) in [4.78, 5) is 16.5. The van der Waals surface area contributed by atoms with Crippen LogP contribution in [0.4, 0.5) is 5.69 Å². The molecule has 2 aromatic carbocycles. The van der Waals surface area contributed by atoms with Crippen LogP contribution in [0.1, 0.15) is 56.7 Å². The van der Waals surface area contributed by atoms with Crippen molar-refractivity contribution in [1.82, 2.24) is 4.90 Å². The molecule has 2 aromatic rings. The van der Waals surface area contributed by atoms with Gasteiger partial charge in [0.2, 0.25) is 5.91 Å². The van der Waals surface area contributed by atoms with E-state index in [0.29, 0.717) is 0 Å². The second-order valence-electron chi connectivity index (χ2n) is 8.39. The molecule has 1 saturated heterocycles. The summed E-state index contributed by atoms with van der Waals surface area (Å²) in [6, 6.07) is 15.4. The second-order valence-corrected chi connectivity index (χ2v) is 8.39. The van der Waals surface area contributed by atoms with Crippen LogP contribution in [-0.4, -0.2) is 29.9 Å². The number of likely N-dealkylation sites (tertiary alicyclic amines) is 1. The Kier molecular flexibility index (Phi) is 5.51. The Balaban J connectivity index is 1.56. The van der Waals surface area contributed by atoms with Gasteiger partial charge in [-0.05, 0) is 73.7 Å². The molecule has 2 N–H and O–H groups in total. The molecule has 148 valence electrons. The Hall–Kier alpha value is -2.17. The number of fused-ring (bicyclic) bond motifs is 1. The minimum Gasteiger partial charge on any atom is -0.324 e. The first kappa shape index (κ1) is 19.2. The summed E-state index contributed by atoms with van der Waals surface area (Å²) in [6.07, 6.45) is 4.81. The van der Waals surface area contributed by atoms with Crippen molar-refractivity contribution in [3.8, 4) is 11.1 Å². The van der Waals surface area contributed by atoms with Crippen molar-refractivity contribution in [3.05, 3.63) is 53.6 Å². The zero-order valence-corrected chi connectivity index (χ0v) is 17.0. The number of anilines is 1. The van der Waals surface area contributed by atoms with Gasteiger partial charge in [0.15, 0.2) is 0 Å². The molecule has 0 saturated carbocycles. The lowest BCUT2D eigenvalue weighted by atomic mass is 9.89. The normalized spacial score (nSPS) is 22.8. The summed E-state index contributed by atoms with van der Waals surface area (Å²) < 4.78 is 0. The minimum absolute atomic E-state index is 0.0288. The van der Waals surface area contributed by atoms with E-state index in [1.807, 2.05) is 4.90 Å². The lowest BCUT2D eigenvalue weighted by Gasteiger charge is -2.38. The number of rotatable bonds is 3. The van der Waals surface area contributed by atoms with Crippen LogP contribution in [0.15, 0.2) is 42.5 Å². The van der Waals surface area contributed by atoms with E-state index >= 15 is 0 Å². The van der Waals surface area contributed by atoms with Gasteiger partial charge in [0, 0.05) is 31.2 Å². The molecule has 2 atom stereocenters. The predicted octanol–water partition coefficient (Wildman–Crippen LogP) is 4.48. The van der Waals surface area contributed by atoms with E-state index in [1.54, 1.807) is 6.92 Å². The number of nitrogens with two attached hydrogens (primary N) is 1. The zero-order valence-electron chi connectivity index (χ0n) is 17.0. The van der Waals surface area contributed by atoms with Crippen molar-refractivity contribution in [2.24, 2.45) is 5.73 Å². The number of carbonyl (C=O) groups excluding carboxylic acids is 1. The SMILES string of the molecule is CC(=O)N1c2ccc(-c3ccc(CN4CCCCC4)cc3)cc2C(N)CC1C. The highest BCUT2D eigenvalue weighted by molar-refractivity contribution is 5.94. The van der Waals surface area contributed by atoms with Gasteiger partial charge in [0.25, 0.3) is 0 Å². The number of carbonyl (C=O) groups is 1. The fourth-order valence-electron chi connectivity index (χ4n) is 4.75. The van der Waals surface area contributed by atoms with Crippen molar-refractivity contribution in [1.29, 1.82) is 0 Å². The summed E-state index contributed by atoms with van der Waals surface area (Å²) in [5.41, 5.74) is 12.2. The van der Waals surface area contributed by atoms with Crippen LogP contribution in [0.3, 0.4) is 0 Å². The standard InChI is InChI=1S/C24H31N3O/c1-17-14-23(25)22-15-21(10-11-24(22)27(17)18(2)28)20-8-6-19(7-9-20)16-26-12-4-3-5-13-26/h6-11,15,17,23H,3-5,12-14,16,25H2,1-2H3. The van der Waals surface area contributed by atoms with Crippen LogP contribution in [0.25, 0.3) is 11.1 Å². The smallest absolute Gasteiger partial charge is 0.224 e. The van der Waals surface area contributed by atoms with Crippen LogP contribution < -0.4 is 10.6 Å². The monoisotopic (exact) mass is 377 g/mol. The number of nitrogens with zero attached hydrogens (tertiary/aromatic N) is 2. The molecule has 2 aliphatic heterocycles. The highest BCUT2D eigenvalue weighted by Crippen LogP contribution is 2.38. The van der Waals surface area contributed by atoms with E-state index < -0.39 is 0 Å². The van der Waals surface area contributed by atoms with Crippen molar-refractivity contribution in [3.63, 3.8) is 0 Å². The molecule has 0 aromatic heterocycles. The first-order valence-corrected chi connectivity index (χ1v) is 10.5. The molecular weight excluding hydrogens is 346 g/mol. The van der Waals surface area contributed by atoms with Crippen molar-refractivity contribution < 1.29 is 4.79 Å². The molecule has 4 nitrogen and oxygen atoms in total. The van der Waals surface area contributed by atoms with Crippen molar-refractivity contribution in [2.75, 3.05) is 18.0 Å². The lowest BCUT2D eigenvalue weighted by molar-refractivity contribution is -0.117. The number of amides is 1. The highest BCUT2D eigenvalue weighted by Gasteiger charge is 2.30. The molecule has 2 heterocycles. The Labute approximate surface area is 168 Å². The van der Waals surface area contributed by atoms with Crippen LogP contribution in [0.5, 0.6) is 0 Å². The van der Waals surface area contributed by atoms with Crippen LogP contribution in [0.2, 0.25) is 0 Å². The van der Waals surface area contributed by atoms with E-state index in [9.17, 15) is 4.79 Å². The fraction of sp³-hybridized carbons (Fsp3) is 0.458. The number of hydrogen-bond donors (Lipinski definition) is 1. The summed E-state index contributed by atoms with van der Waals surface area (Å²) in [7, 11) is 0. The van der Waals surface area contributed by atoms with Gasteiger partial charge < -0.3 is 10.6 Å². The van der Waals surface area contributed by atoms with Gasteiger partial charge >= 0.3 is 0 Å². The maximum atomic E-state index is 12.1. The minimum atomic E-state index is -0.0288. The fourth-order valence-corrected chi connectivity index (χ4v) is 4.75. The third-order valence-electron chi connectivity index (χ3n) is 6.20. The van der Waals surface area contributed by atoms with Crippen LogP contribution >= 0.6 is 0 Å². The first-order valence-electron chi connectivity index (χ1n) is 10.5. The molecule has 4 heteroatoms. The molecule has 1 fully saturated rings. The van der Waals surface area contributed by atoms with Gasteiger partial charge in [-0.3, -0.25) is 9.69 Å². The van der Waals surface area contributed by atoms with E-state index in [1.165, 1.54) is 43.5 Å². The average Bonchev–Trinajstić information content (AvgIpc) is 2.69. The summed E-state index contributed by atoms with van der Waals surface area (Å²) in [5.74, 6) is 0.0791. The summed E-state index contributed by atoms with van der Waals surface area (Å²) in [6.45, 7) is 7.18. The predicted molar refractivity (Wildman–Crippen MR) is 115 cm³/mol. The van der Waals surface area contributed by atoms with Crippen molar-refractivity contribution in [2.45, 2.75) is 58.2 Å². The number of piperidine rings is 1. The van der Waals surface area contributed by atoms with E-state index in [-0.39, 0.29) is 18.0 Å². The molecule has 0 aliphatic carbocycles. The maximum Gasteiger partial charge on any atom is 0.224 e. The molecule has 28 heavy (non-hydrogen) atoms. The third kappa shape index (κ3) is 3.85. The largest absolute Gasteiger partial charge is 0.324 e. The topological polar surface area (TPSA) is 49.6 Å². The van der Waals surface area contributed by atoms with Crippen molar-refractivity contribution >= 4 is 11.6 Å². The van der Waals surface area contributed by atoms with Crippen LogP contribution in [-0.2, 0) is 11.3 Å². The Morgan fingerprint density at radius 3 is 2.39 bits per heavy atom. The average molecular weight is 378 g/mol. The molecule has 0 bridgehead atoms. The van der Waals surface area contributed by atoms with E-state index in [0.717, 1.165) is 29.8 Å². The Morgan fingerprint density at radius 1 is 1.04 bits per heavy atom. The van der Waals surface area contributed by atoms with Gasteiger partial charge in [-0.2, -0.15) is 0 Å². The Morgan fingerprint density at radius 2 is 1.71 bits per heavy atom. The quantitative estimate of drug-likeness (QED) is 0.858. The molecule has 2 aliphatic rings. The molecule has 0 spiro atoms. The van der Waals surface area contributed by atoms with Gasteiger partial charge in [-0.15, -0.1) is 0 Å². The highest BCUT2D eigenvalue weighted by atomic mass is 16.2.